The average Bonchev–Trinajstić information content (AvgIpc) is 3.09. The molecular weight excluding hydrogens is 495 g/mol. The van der Waals surface area contributed by atoms with Gasteiger partial charge in [-0.25, -0.2) is 17.6 Å². The third kappa shape index (κ3) is 5.11. The zero-order valence-electron chi connectivity index (χ0n) is 19.6. The molecule has 2 aromatic rings. The second kappa shape index (κ2) is 10.3. The third-order valence-electron chi connectivity index (χ3n) is 6.73. The molecule has 4 rings (SSSR count). The highest BCUT2D eigenvalue weighted by Gasteiger charge is 2.48. The summed E-state index contributed by atoms with van der Waals surface area (Å²) in [6.07, 6.45) is 3.90. The van der Waals surface area contributed by atoms with Gasteiger partial charge in [-0.2, -0.15) is 4.31 Å². The third-order valence-corrected chi connectivity index (χ3v) is 9.24. The van der Waals surface area contributed by atoms with Crippen molar-refractivity contribution in [3.05, 3.63) is 46.7 Å². The van der Waals surface area contributed by atoms with Crippen molar-refractivity contribution in [1.82, 2.24) is 9.62 Å². The van der Waals surface area contributed by atoms with Crippen LogP contribution >= 0.6 is 11.6 Å². The van der Waals surface area contributed by atoms with Crippen LogP contribution in [0.1, 0.15) is 44.6 Å². The Morgan fingerprint density at radius 2 is 1.80 bits per heavy atom. The molecule has 2 bridgehead atoms. The molecule has 2 aliphatic heterocycles. The maximum Gasteiger partial charge on any atom is 0.323 e. The van der Waals surface area contributed by atoms with Crippen molar-refractivity contribution < 1.29 is 22.7 Å². The molecule has 4 N–H and O–H groups in total. The molecule has 0 spiro atoms. The van der Waals surface area contributed by atoms with Crippen LogP contribution in [-0.2, 0) is 10.0 Å². The first kappa shape index (κ1) is 25.7. The highest BCUT2D eigenvalue weighted by molar-refractivity contribution is 7.89. The van der Waals surface area contributed by atoms with Gasteiger partial charge in [0.2, 0.25) is 10.0 Å². The minimum atomic E-state index is -4.13. The van der Waals surface area contributed by atoms with Crippen LogP contribution in [0.5, 0.6) is 5.75 Å². The molecule has 11 heteroatoms. The van der Waals surface area contributed by atoms with Crippen molar-refractivity contribution in [2.45, 2.75) is 69.0 Å². The topological polar surface area (TPSA) is 111 Å². The Bertz CT molecular complexity index is 1210. The van der Waals surface area contributed by atoms with E-state index in [1.54, 1.807) is 0 Å². The van der Waals surface area contributed by atoms with E-state index in [4.69, 9.17) is 11.6 Å². The number of aromatic hydroxyl groups is 1. The van der Waals surface area contributed by atoms with Gasteiger partial charge >= 0.3 is 6.03 Å². The lowest BCUT2D eigenvalue weighted by Gasteiger charge is -2.38. The summed E-state index contributed by atoms with van der Waals surface area (Å²) >= 11 is 6.27. The van der Waals surface area contributed by atoms with Gasteiger partial charge < -0.3 is 21.1 Å². The van der Waals surface area contributed by atoms with Gasteiger partial charge in [-0.15, -0.1) is 0 Å². The number of rotatable bonds is 7. The molecule has 2 saturated heterocycles. The van der Waals surface area contributed by atoms with Gasteiger partial charge in [0.05, 0.1) is 10.7 Å². The van der Waals surface area contributed by atoms with Crippen LogP contribution < -0.4 is 16.0 Å². The number of carbonyl (C=O) groups is 1. The summed E-state index contributed by atoms with van der Waals surface area (Å²) < 4.78 is 42.7. The fourth-order valence-corrected chi connectivity index (χ4v) is 7.55. The van der Waals surface area contributed by atoms with Crippen LogP contribution in [0.15, 0.2) is 35.2 Å². The standard InChI is InChI=1S/C24H30ClFN4O4S/c1-3-11-27-15-12-16-7-8-17(13-15)30(16)35(33,34)23-18(25)9-10-21(22(23)31)29-24(32)28-20-6-4-5-19(26)14(20)2/h4-6,9-10,15-17,27,31H,3,7-8,11-13H2,1-2H3,(H2,28,29,32)/t15-,16+,17-. The number of anilines is 2. The predicted molar refractivity (Wildman–Crippen MR) is 134 cm³/mol. The molecule has 2 heterocycles. The molecular formula is C24H30ClFN4O4S. The molecule has 0 unspecified atom stereocenters. The number of nitrogens with zero attached hydrogens (tertiary/aromatic N) is 1. The number of fused-ring (bicyclic) bond motifs is 2. The molecule has 0 aliphatic carbocycles. The number of hydrogen-bond acceptors (Lipinski definition) is 5. The molecule has 8 nitrogen and oxygen atoms in total. The first-order chi connectivity index (χ1) is 16.6. The second-order valence-electron chi connectivity index (χ2n) is 9.11. The quantitative estimate of drug-likeness (QED) is 0.388. The summed E-state index contributed by atoms with van der Waals surface area (Å²) in [4.78, 5) is 12.1. The van der Waals surface area contributed by atoms with Crippen molar-refractivity contribution in [2.24, 2.45) is 0 Å². The van der Waals surface area contributed by atoms with E-state index in [2.05, 4.69) is 22.9 Å². The number of phenols is 1. The van der Waals surface area contributed by atoms with E-state index >= 15 is 0 Å². The monoisotopic (exact) mass is 524 g/mol. The Kier molecular flexibility index (Phi) is 7.56. The molecule has 0 radical (unpaired) electrons. The molecule has 2 aliphatic rings. The highest BCUT2D eigenvalue weighted by Crippen LogP contribution is 2.45. The second-order valence-corrected chi connectivity index (χ2v) is 11.3. The van der Waals surface area contributed by atoms with Crippen LogP contribution in [-0.4, -0.2) is 48.5 Å². The number of nitrogens with one attached hydrogen (secondary N) is 3. The molecule has 190 valence electrons. The zero-order chi connectivity index (χ0) is 25.3. The van der Waals surface area contributed by atoms with Crippen molar-refractivity contribution >= 4 is 39.0 Å². The lowest BCUT2D eigenvalue weighted by molar-refractivity contribution is 0.207. The largest absolute Gasteiger partial charge is 0.504 e. The SMILES string of the molecule is CCCN[C@H]1C[C@H]2CC[C@@H](C1)N2S(=O)(=O)c1c(Cl)ccc(NC(=O)Nc2cccc(F)c2C)c1O. The first-order valence-corrected chi connectivity index (χ1v) is 13.6. The van der Waals surface area contributed by atoms with E-state index in [1.165, 1.54) is 41.6 Å². The van der Waals surface area contributed by atoms with Gasteiger partial charge in [-0.05, 0) is 69.8 Å². The number of piperidine rings is 1. The molecule has 2 aromatic carbocycles. The van der Waals surface area contributed by atoms with Crippen LogP contribution in [0.2, 0.25) is 5.02 Å². The summed E-state index contributed by atoms with van der Waals surface area (Å²) in [5.74, 6) is -1.11. The molecule has 0 aromatic heterocycles. The average molecular weight is 525 g/mol. The number of phenolic OH excluding ortho intramolecular Hbond substituents is 1. The lowest BCUT2D eigenvalue weighted by Crippen LogP contribution is -2.51. The number of sulfonamides is 1. The Morgan fingerprint density at radius 3 is 2.46 bits per heavy atom. The van der Waals surface area contributed by atoms with Crippen molar-refractivity contribution in [3.63, 3.8) is 0 Å². The highest BCUT2D eigenvalue weighted by atomic mass is 35.5. The number of urea groups is 1. The van der Waals surface area contributed by atoms with Gasteiger partial charge in [0.15, 0.2) is 5.75 Å². The summed E-state index contributed by atoms with van der Waals surface area (Å²) in [6, 6.07) is 6.05. The van der Waals surface area contributed by atoms with Crippen molar-refractivity contribution in [3.8, 4) is 5.75 Å². The normalized spacial score (nSPS) is 22.2. The van der Waals surface area contributed by atoms with Gasteiger partial charge in [0.1, 0.15) is 10.7 Å². The van der Waals surface area contributed by atoms with Gasteiger partial charge in [0, 0.05) is 29.4 Å². The Labute approximate surface area is 209 Å². The van der Waals surface area contributed by atoms with Crippen LogP contribution in [0.3, 0.4) is 0 Å². The van der Waals surface area contributed by atoms with Gasteiger partial charge in [0.25, 0.3) is 0 Å². The van der Waals surface area contributed by atoms with Gasteiger partial charge in [-0.3, -0.25) is 0 Å². The van der Waals surface area contributed by atoms with E-state index in [9.17, 15) is 22.7 Å². The lowest BCUT2D eigenvalue weighted by atomic mass is 10.00. The predicted octanol–water partition coefficient (Wildman–Crippen LogP) is 4.82. The Balaban J connectivity index is 1.57. The number of benzene rings is 2. The fourth-order valence-electron chi connectivity index (χ4n) is 5.06. The van der Waals surface area contributed by atoms with E-state index < -0.39 is 32.5 Å². The number of hydrogen-bond donors (Lipinski definition) is 4. The summed E-state index contributed by atoms with van der Waals surface area (Å²) in [5.41, 5.74) is 0.379. The van der Waals surface area contributed by atoms with E-state index in [-0.39, 0.29) is 40.1 Å². The first-order valence-electron chi connectivity index (χ1n) is 11.7. The smallest absolute Gasteiger partial charge is 0.323 e. The van der Waals surface area contributed by atoms with Crippen LogP contribution in [0.4, 0.5) is 20.6 Å². The number of halogens is 2. The molecule has 3 atom stereocenters. The summed E-state index contributed by atoms with van der Waals surface area (Å²) in [6.45, 7) is 4.49. The number of amides is 2. The van der Waals surface area contributed by atoms with Crippen molar-refractivity contribution in [1.29, 1.82) is 0 Å². The maximum absolute atomic E-state index is 13.8. The van der Waals surface area contributed by atoms with Crippen LogP contribution in [0.25, 0.3) is 0 Å². The van der Waals surface area contributed by atoms with E-state index in [1.807, 2.05) is 0 Å². The van der Waals surface area contributed by atoms with Gasteiger partial charge in [-0.1, -0.05) is 24.6 Å². The minimum Gasteiger partial charge on any atom is -0.504 e. The Morgan fingerprint density at radius 1 is 1.14 bits per heavy atom. The molecule has 0 saturated carbocycles. The summed E-state index contributed by atoms with van der Waals surface area (Å²) in [7, 11) is -4.13. The summed E-state index contributed by atoms with van der Waals surface area (Å²) in [5, 5.41) is 19.2. The fraction of sp³-hybridized carbons (Fsp3) is 0.458. The Hall–Kier alpha value is -2.40. The maximum atomic E-state index is 13.8. The van der Waals surface area contributed by atoms with E-state index in [0.717, 1.165) is 25.8 Å². The molecule has 2 amide bonds. The molecule has 35 heavy (non-hydrogen) atoms. The number of carbonyl (C=O) groups excluding carboxylic acids is 1. The minimum absolute atomic E-state index is 0.119. The van der Waals surface area contributed by atoms with E-state index in [0.29, 0.717) is 12.8 Å². The van der Waals surface area contributed by atoms with Crippen molar-refractivity contribution in [2.75, 3.05) is 17.2 Å². The molecule has 2 fully saturated rings. The van der Waals surface area contributed by atoms with Crippen LogP contribution in [0, 0.1) is 12.7 Å². The zero-order valence-corrected chi connectivity index (χ0v) is 21.2.